The number of sulfone groups is 1. The van der Waals surface area contributed by atoms with E-state index < -0.39 is 76.6 Å². The van der Waals surface area contributed by atoms with Gasteiger partial charge in [0, 0.05) is 13.0 Å². The van der Waals surface area contributed by atoms with Crippen molar-refractivity contribution in [2.24, 2.45) is 4.36 Å². The molecule has 3 aromatic rings. The fourth-order valence-electron chi connectivity index (χ4n) is 2.82. The summed E-state index contributed by atoms with van der Waals surface area (Å²) in [7, 11) is -9.34. The van der Waals surface area contributed by atoms with Crippen LogP contribution in [0.2, 0.25) is 0 Å². The van der Waals surface area contributed by atoms with Crippen molar-refractivity contribution in [3.63, 3.8) is 0 Å². The van der Waals surface area contributed by atoms with Crippen LogP contribution in [-0.2, 0) is 24.4 Å². The van der Waals surface area contributed by atoms with Gasteiger partial charge in [-0.15, -0.1) is 0 Å². The maximum atomic E-state index is 13.5. The number of carbonyl (C=O) groups is 1. The van der Waals surface area contributed by atoms with E-state index in [1.165, 1.54) is 6.92 Å². The molecule has 0 aliphatic carbocycles. The molecule has 2 aromatic heterocycles. The molecule has 1 atom stereocenters. The topological polar surface area (TPSA) is 129 Å². The van der Waals surface area contributed by atoms with Crippen LogP contribution in [-0.4, -0.2) is 52.5 Å². The quantitative estimate of drug-likeness (QED) is 0.404. The Labute approximate surface area is 199 Å². The Morgan fingerprint density at radius 1 is 1.11 bits per heavy atom. The summed E-state index contributed by atoms with van der Waals surface area (Å²) in [5.74, 6) is -2.84. The van der Waals surface area contributed by atoms with Crippen molar-refractivity contribution in [3.05, 3.63) is 30.5 Å². The van der Waals surface area contributed by atoms with Crippen molar-refractivity contribution in [1.82, 2.24) is 9.97 Å². The summed E-state index contributed by atoms with van der Waals surface area (Å²) in [6.45, 7) is 0.240. The lowest BCUT2D eigenvalue weighted by atomic mass is 10.3. The first-order valence-electron chi connectivity index (χ1n) is 9.64. The average molecular weight is 559 g/mol. The minimum atomic E-state index is -5.41. The van der Waals surface area contributed by atoms with Gasteiger partial charge in [0.1, 0.15) is 21.9 Å². The number of hydrogen-bond donors (Lipinski definition) is 0. The minimum absolute atomic E-state index is 0.167. The number of pyridine rings is 1. The number of fused-ring (bicyclic) bond motifs is 1. The third kappa shape index (κ3) is 5.61. The van der Waals surface area contributed by atoms with Gasteiger partial charge in [-0.2, -0.15) is 30.7 Å². The van der Waals surface area contributed by atoms with E-state index in [9.17, 15) is 43.8 Å². The molecule has 1 unspecified atom stereocenters. The van der Waals surface area contributed by atoms with Crippen LogP contribution in [0.5, 0.6) is 5.75 Å². The Morgan fingerprint density at radius 3 is 2.33 bits per heavy atom. The second-order valence-electron chi connectivity index (χ2n) is 7.06. The molecule has 0 radical (unpaired) electrons. The standard InChI is InChI=1S/C19H15F6N3O6S2/c1-3-35(30,31)15-6-11(33-9-18(20,21)22)8-26-16(15)17-27-13-7-12(4-5-14(13)34-17)36(32,19(23,24)25)28-10(2)29/h4-8H,3,9H2,1-2H3. The molecule has 0 bridgehead atoms. The fourth-order valence-corrected chi connectivity index (χ4v) is 5.23. The molecule has 1 aromatic carbocycles. The summed E-state index contributed by atoms with van der Waals surface area (Å²) in [5, 5.41) is 0. The minimum Gasteiger partial charge on any atom is -0.482 e. The molecule has 0 saturated heterocycles. The number of rotatable bonds is 6. The SMILES string of the molecule is CCS(=O)(=O)c1cc(OCC(F)(F)F)cnc1-c1nc2cc(S(=O)(=NC(C)=O)C(F)(F)F)ccc2o1. The van der Waals surface area contributed by atoms with Crippen LogP contribution in [0.4, 0.5) is 26.3 Å². The Bertz CT molecular complexity index is 1550. The van der Waals surface area contributed by atoms with Crippen LogP contribution in [0.15, 0.2) is 49.0 Å². The zero-order chi connectivity index (χ0) is 27.1. The van der Waals surface area contributed by atoms with Gasteiger partial charge < -0.3 is 9.15 Å². The number of carbonyl (C=O) groups excluding carboxylic acids is 1. The Balaban J connectivity index is 2.17. The monoisotopic (exact) mass is 559 g/mol. The van der Waals surface area contributed by atoms with E-state index in [2.05, 4.69) is 19.1 Å². The molecular formula is C19H15F6N3O6S2. The maximum Gasteiger partial charge on any atom is 0.484 e. The van der Waals surface area contributed by atoms with Gasteiger partial charge in [-0.3, -0.25) is 4.79 Å². The Kier molecular flexibility index (Phi) is 7.11. The predicted molar refractivity (Wildman–Crippen MR) is 112 cm³/mol. The first kappa shape index (κ1) is 27.4. The van der Waals surface area contributed by atoms with E-state index in [-0.39, 0.29) is 11.1 Å². The number of benzene rings is 1. The van der Waals surface area contributed by atoms with Crippen molar-refractivity contribution in [1.29, 1.82) is 0 Å². The molecule has 17 heteroatoms. The van der Waals surface area contributed by atoms with Crippen molar-refractivity contribution >= 4 is 36.6 Å². The van der Waals surface area contributed by atoms with E-state index in [4.69, 9.17) is 4.42 Å². The molecule has 2 heterocycles. The largest absolute Gasteiger partial charge is 0.484 e. The van der Waals surface area contributed by atoms with Crippen LogP contribution in [0, 0.1) is 0 Å². The molecule has 0 N–H and O–H groups in total. The van der Waals surface area contributed by atoms with Gasteiger partial charge in [0.05, 0.1) is 16.8 Å². The summed E-state index contributed by atoms with van der Waals surface area (Å²) in [5.41, 5.74) is -6.33. The van der Waals surface area contributed by atoms with Crippen LogP contribution < -0.4 is 4.74 Å². The van der Waals surface area contributed by atoms with Crippen LogP contribution in [0.1, 0.15) is 13.8 Å². The zero-order valence-corrected chi connectivity index (χ0v) is 19.8. The summed E-state index contributed by atoms with van der Waals surface area (Å²) >= 11 is 0. The third-order valence-electron chi connectivity index (χ3n) is 4.40. The van der Waals surface area contributed by atoms with Crippen molar-refractivity contribution in [2.45, 2.75) is 35.3 Å². The number of aromatic nitrogens is 2. The third-order valence-corrected chi connectivity index (χ3v) is 8.17. The lowest BCUT2D eigenvalue weighted by Crippen LogP contribution is -2.24. The summed E-state index contributed by atoms with van der Waals surface area (Å²) < 4.78 is 128. The molecule has 9 nitrogen and oxygen atoms in total. The molecule has 0 saturated carbocycles. The molecule has 0 fully saturated rings. The maximum absolute atomic E-state index is 13.5. The van der Waals surface area contributed by atoms with E-state index in [0.29, 0.717) is 13.0 Å². The van der Waals surface area contributed by atoms with Crippen molar-refractivity contribution < 1.29 is 52.9 Å². The van der Waals surface area contributed by atoms with Crippen LogP contribution >= 0.6 is 0 Å². The van der Waals surface area contributed by atoms with Gasteiger partial charge in [0.15, 0.2) is 31.8 Å². The van der Waals surface area contributed by atoms with E-state index in [1.54, 1.807) is 0 Å². The van der Waals surface area contributed by atoms with Gasteiger partial charge in [-0.05, 0) is 18.2 Å². The number of ether oxygens (including phenoxy) is 1. The second-order valence-corrected chi connectivity index (χ2v) is 11.5. The normalized spacial score (nSPS) is 14.4. The molecule has 1 amide bonds. The second kappa shape index (κ2) is 9.34. The number of oxazole rings is 1. The van der Waals surface area contributed by atoms with Gasteiger partial charge in [-0.25, -0.2) is 22.6 Å². The molecule has 0 aliphatic rings. The van der Waals surface area contributed by atoms with Crippen LogP contribution in [0.3, 0.4) is 0 Å². The first-order valence-corrected chi connectivity index (χ1v) is 12.8. The van der Waals surface area contributed by atoms with E-state index in [0.717, 1.165) is 24.4 Å². The molecule has 3 rings (SSSR count). The first-order chi connectivity index (χ1) is 16.5. The Hall–Kier alpha value is -3.21. The molecular weight excluding hydrogens is 544 g/mol. The van der Waals surface area contributed by atoms with Gasteiger partial charge in [0.25, 0.3) is 5.91 Å². The fraction of sp³-hybridized carbons (Fsp3) is 0.316. The van der Waals surface area contributed by atoms with E-state index in [1.807, 2.05) is 0 Å². The van der Waals surface area contributed by atoms with Gasteiger partial charge in [0.2, 0.25) is 5.89 Å². The lowest BCUT2D eigenvalue weighted by molar-refractivity contribution is -0.153. The summed E-state index contributed by atoms with van der Waals surface area (Å²) in [6, 6.07) is 3.20. The molecule has 0 aliphatic heterocycles. The van der Waals surface area contributed by atoms with Gasteiger partial charge >= 0.3 is 11.7 Å². The highest BCUT2D eigenvalue weighted by Gasteiger charge is 2.45. The highest BCUT2D eigenvalue weighted by Crippen LogP contribution is 2.36. The summed E-state index contributed by atoms with van der Waals surface area (Å²) in [4.78, 5) is 17.4. The number of amides is 1. The van der Waals surface area contributed by atoms with E-state index >= 15 is 0 Å². The Morgan fingerprint density at radius 2 is 1.78 bits per heavy atom. The lowest BCUT2D eigenvalue weighted by Gasteiger charge is -2.12. The zero-order valence-electron chi connectivity index (χ0n) is 18.2. The number of nitrogens with zero attached hydrogens (tertiary/aromatic N) is 3. The highest BCUT2D eigenvalue weighted by atomic mass is 32.2. The molecule has 36 heavy (non-hydrogen) atoms. The summed E-state index contributed by atoms with van der Waals surface area (Å²) in [6.07, 6.45) is -3.91. The molecule has 196 valence electrons. The predicted octanol–water partition coefficient (Wildman–Crippen LogP) is 4.52. The smallest absolute Gasteiger partial charge is 0.482 e. The number of alkyl halides is 6. The molecule has 0 spiro atoms. The van der Waals surface area contributed by atoms with Crippen molar-refractivity contribution in [3.8, 4) is 17.3 Å². The van der Waals surface area contributed by atoms with Crippen molar-refractivity contribution in [2.75, 3.05) is 12.4 Å². The average Bonchev–Trinajstić information content (AvgIpc) is 3.19. The number of hydrogen-bond acceptors (Lipinski definition) is 8. The van der Waals surface area contributed by atoms with Crippen LogP contribution in [0.25, 0.3) is 22.7 Å². The highest BCUT2D eigenvalue weighted by molar-refractivity contribution is 7.94. The number of halogens is 6. The van der Waals surface area contributed by atoms with Gasteiger partial charge in [-0.1, -0.05) is 6.92 Å².